The Balaban J connectivity index is 2.81. The summed E-state index contributed by atoms with van der Waals surface area (Å²) < 4.78 is 6.10. The zero-order valence-corrected chi connectivity index (χ0v) is 10.3. The Hall–Kier alpha value is -1.69. The summed E-state index contributed by atoms with van der Waals surface area (Å²) >= 11 is 0. The summed E-state index contributed by atoms with van der Waals surface area (Å²) in [6.07, 6.45) is 0. The van der Waals surface area contributed by atoms with Crippen LogP contribution < -0.4 is 10.9 Å². The lowest BCUT2D eigenvalue weighted by Crippen LogP contribution is -2.31. The van der Waals surface area contributed by atoms with Gasteiger partial charge in [0, 0.05) is 19.7 Å². The summed E-state index contributed by atoms with van der Waals surface area (Å²) in [5.41, 5.74) is 0.0165. The SMILES string of the molecule is COCCNC(=O)c1ccc(=O)n(C(C)C)n1. The molecule has 0 fully saturated rings. The van der Waals surface area contributed by atoms with Gasteiger partial charge in [-0.05, 0) is 19.9 Å². The summed E-state index contributed by atoms with van der Waals surface area (Å²) in [5, 5.41) is 6.65. The molecule has 0 saturated carbocycles. The third-order valence-electron chi connectivity index (χ3n) is 2.14. The topological polar surface area (TPSA) is 73.2 Å². The minimum Gasteiger partial charge on any atom is -0.383 e. The highest BCUT2D eigenvalue weighted by Crippen LogP contribution is 1.98. The summed E-state index contributed by atoms with van der Waals surface area (Å²) in [6, 6.07) is 2.69. The van der Waals surface area contributed by atoms with Gasteiger partial charge in [-0.25, -0.2) is 4.68 Å². The van der Waals surface area contributed by atoms with Crippen molar-refractivity contribution in [3.63, 3.8) is 0 Å². The number of hydrogen-bond acceptors (Lipinski definition) is 4. The summed E-state index contributed by atoms with van der Waals surface area (Å²) in [5.74, 6) is -0.309. The predicted octanol–water partition coefficient (Wildman–Crippen LogP) is 0.200. The van der Waals surface area contributed by atoms with Gasteiger partial charge in [-0.1, -0.05) is 0 Å². The lowest BCUT2D eigenvalue weighted by Gasteiger charge is -2.09. The summed E-state index contributed by atoms with van der Waals surface area (Å²) in [4.78, 5) is 23.1. The van der Waals surface area contributed by atoms with E-state index in [9.17, 15) is 9.59 Å². The fraction of sp³-hybridized carbons (Fsp3) is 0.545. The van der Waals surface area contributed by atoms with Gasteiger partial charge in [0.05, 0.1) is 12.6 Å². The normalized spacial score (nSPS) is 10.6. The fourth-order valence-corrected chi connectivity index (χ4v) is 1.27. The van der Waals surface area contributed by atoms with Crippen LogP contribution in [-0.2, 0) is 4.74 Å². The van der Waals surface area contributed by atoms with Crippen LogP contribution in [0.4, 0.5) is 0 Å². The average Bonchev–Trinajstić information content (AvgIpc) is 2.29. The first-order valence-electron chi connectivity index (χ1n) is 5.43. The van der Waals surface area contributed by atoms with Crippen molar-refractivity contribution in [2.45, 2.75) is 19.9 Å². The molecule has 1 amide bonds. The smallest absolute Gasteiger partial charge is 0.271 e. The zero-order chi connectivity index (χ0) is 12.8. The van der Waals surface area contributed by atoms with Crippen LogP contribution in [0.1, 0.15) is 30.4 Å². The van der Waals surface area contributed by atoms with Crippen molar-refractivity contribution in [2.75, 3.05) is 20.3 Å². The molecule has 0 radical (unpaired) electrons. The molecule has 17 heavy (non-hydrogen) atoms. The third-order valence-corrected chi connectivity index (χ3v) is 2.14. The highest BCUT2D eigenvalue weighted by atomic mass is 16.5. The van der Waals surface area contributed by atoms with E-state index in [4.69, 9.17) is 4.74 Å². The van der Waals surface area contributed by atoms with E-state index in [0.717, 1.165) is 0 Å². The van der Waals surface area contributed by atoms with Crippen LogP contribution in [0, 0.1) is 0 Å². The Labute approximate surface area is 99.6 Å². The van der Waals surface area contributed by atoms with Gasteiger partial charge in [0.25, 0.3) is 11.5 Å². The Kier molecular flexibility index (Phi) is 4.84. The summed E-state index contributed by atoms with van der Waals surface area (Å²) in [6.45, 7) is 4.52. The van der Waals surface area contributed by atoms with Crippen LogP contribution in [0.5, 0.6) is 0 Å². The maximum absolute atomic E-state index is 11.7. The van der Waals surface area contributed by atoms with E-state index in [1.807, 2.05) is 13.8 Å². The van der Waals surface area contributed by atoms with Crippen molar-refractivity contribution in [3.05, 3.63) is 28.2 Å². The lowest BCUT2D eigenvalue weighted by atomic mass is 10.3. The first-order valence-corrected chi connectivity index (χ1v) is 5.43. The highest BCUT2D eigenvalue weighted by Gasteiger charge is 2.10. The number of nitrogens with zero attached hydrogens (tertiary/aromatic N) is 2. The largest absolute Gasteiger partial charge is 0.383 e. The lowest BCUT2D eigenvalue weighted by molar-refractivity contribution is 0.0929. The van der Waals surface area contributed by atoms with Gasteiger partial charge >= 0.3 is 0 Å². The van der Waals surface area contributed by atoms with E-state index in [-0.39, 0.29) is 23.2 Å². The maximum Gasteiger partial charge on any atom is 0.271 e. The molecule has 0 spiro atoms. The number of aromatic nitrogens is 2. The molecule has 0 atom stereocenters. The zero-order valence-electron chi connectivity index (χ0n) is 10.3. The van der Waals surface area contributed by atoms with Crippen LogP contribution in [0.3, 0.4) is 0 Å². The first-order chi connectivity index (χ1) is 8.06. The van der Waals surface area contributed by atoms with E-state index in [0.29, 0.717) is 13.2 Å². The molecule has 0 bridgehead atoms. The van der Waals surface area contributed by atoms with Crippen molar-refractivity contribution >= 4 is 5.91 Å². The average molecular weight is 239 g/mol. The molecular formula is C11H17N3O3. The second-order valence-electron chi connectivity index (χ2n) is 3.84. The van der Waals surface area contributed by atoms with E-state index in [1.165, 1.54) is 16.8 Å². The van der Waals surface area contributed by atoms with Crippen LogP contribution in [0.2, 0.25) is 0 Å². The van der Waals surface area contributed by atoms with Gasteiger partial charge < -0.3 is 10.1 Å². The molecule has 1 heterocycles. The van der Waals surface area contributed by atoms with Gasteiger partial charge in [0.15, 0.2) is 0 Å². The molecule has 6 heteroatoms. The summed E-state index contributed by atoms with van der Waals surface area (Å²) in [7, 11) is 1.56. The fourth-order valence-electron chi connectivity index (χ4n) is 1.27. The molecule has 1 rings (SSSR count). The number of ether oxygens (including phenoxy) is 1. The Morgan fingerprint density at radius 2 is 2.24 bits per heavy atom. The van der Waals surface area contributed by atoms with Gasteiger partial charge in [0.2, 0.25) is 0 Å². The monoisotopic (exact) mass is 239 g/mol. The number of carbonyl (C=O) groups is 1. The van der Waals surface area contributed by atoms with Gasteiger partial charge in [0.1, 0.15) is 5.69 Å². The molecule has 0 aliphatic carbocycles. The van der Waals surface area contributed by atoms with Crippen molar-refractivity contribution in [1.29, 1.82) is 0 Å². The number of amides is 1. The molecule has 1 N–H and O–H groups in total. The Morgan fingerprint density at radius 1 is 1.53 bits per heavy atom. The molecule has 1 aromatic heterocycles. The van der Waals surface area contributed by atoms with Crippen LogP contribution >= 0.6 is 0 Å². The minimum atomic E-state index is -0.309. The number of nitrogens with one attached hydrogen (secondary N) is 1. The molecule has 94 valence electrons. The molecule has 0 unspecified atom stereocenters. The molecule has 1 aromatic rings. The highest BCUT2D eigenvalue weighted by molar-refractivity contribution is 5.91. The Bertz CT molecular complexity index is 440. The van der Waals surface area contributed by atoms with Crippen LogP contribution in [0.25, 0.3) is 0 Å². The van der Waals surface area contributed by atoms with E-state index >= 15 is 0 Å². The second kappa shape index (κ2) is 6.15. The number of hydrogen-bond donors (Lipinski definition) is 1. The molecule has 6 nitrogen and oxygen atoms in total. The van der Waals surface area contributed by atoms with Gasteiger partial charge in [-0.3, -0.25) is 9.59 Å². The van der Waals surface area contributed by atoms with Gasteiger partial charge in [-0.2, -0.15) is 5.10 Å². The van der Waals surface area contributed by atoms with Crippen molar-refractivity contribution in [3.8, 4) is 0 Å². The quantitative estimate of drug-likeness (QED) is 0.745. The number of carbonyl (C=O) groups excluding carboxylic acids is 1. The predicted molar refractivity (Wildman–Crippen MR) is 63.1 cm³/mol. The van der Waals surface area contributed by atoms with Crippen LogP contribution in [-0.4, -0.2) is 35.9 Å². The number of rotatable bonds is 5. The molecular weight excluding hydrogens is 222 g/mol. The first kappa shape index (κ1) is 13.4. The van der Waals surface area contributed by atoms with E-state index < -0.39 is 0 Å². The van der Waals surface area contributed by atoms with E-state index in [2.05, 4.69) is 10.4 Å². The van der Waals surface area contributed by atoms with Crippen molar-refractivity contribution in [2.24, 2.45) is 0 Å². The van der Waals surface area contributed by atoms with E-state index in [1.54, 1.807) is 7.11 Å². The molecule has 0 saturated heterocycles. The maximum atomic E-state index is 11.7. The van der Waals surface area contributed by atoms with Gasteiger partial charge in [-0.15, -0.1) is 0 Å². The minimum absolute atomic E-state index is 0.0748. The second-order valence-corrected chi connectivity index (χ2v) is 3.84. The van der Waals surface area contributed by atoms with Crippen LogP contribution in [0.15, 0.2) is 16.9 Å². The third kappa shape index (κ3) is 3.67. The number of methoxy groups -OCH3 is 1. The molecule has 0 aromatic carbocycles. The molecule has 0 aliphatic heterocycles. The van der Waals surface area contributed by atoms with Crippen molar-refractivity contribution in [1.82, 2.24) is 15.1 Å². The Morgan fingerprint density at radius 3 is 2.82 bits per heavy atom. The van der Waals surface area contributed by atoms with Crippen molar-refractivity contribution < 1.29 is 9.53 Å². The standard InChI is InChI=1S/C11H17N3O3/c1-8(2)14-10(15)5-4-9(13-14)11(16)12-6-7-17-3/h4-5,8H,6-7H2,1-3H3,(H,12,16). The molecule has 0 aliphatic rings.